The largest absolute Gasteiger partial charge is 0.466 e. The Morgan fingerprint density at radius 3 is 2.34 bits per heavy atom. The van der Waals surface area contributed by atoms with E-state index in [1.54, 1.807) is 26.8 Å². The Hall–Kier alpha value is -4.62. The van der Waals surface area contributed by atoms with Gasteiger partial charge in [-0.1, -0.05) is 95.6 Å². The van der Waals surface area contributed by atoms with Gasteiger partial charge in [-0.05, 0) is 54.3 Å². The molecule has 1 atom stereocenters. The van der Waals surface area contributed by atoms with E-state index in [4.69, 9.17) is 25.6 Å². The summed E-state index contributed by atoms with van der Waals surface area (Å²) in [7, 11) is 0. The summed E-state index contributed by atoms with van der Waals surface area (Å²) in [6, 6.07) is 27.0. The molecule has 0 saturated heterocycles. The van der Waals surface area contributed by atoms with Gasteiger partial charge in [0, 0.05) is 16.1 Å². The highest BCUT2D eigenvalue weighted by Gasteiger charge is 2.21. The van der Waals surface area contributed by atoms with Crippen LogP contribution in [0.1, 0.15) is 36.8 Å². The number of esters is 1. The highest BCUT2D eigenvalue weighted by molar-refractivity contribution is 6.31. The van der Waals surface area contributed by atoms with E-state index in [1.165, 1.54) is 0 Å². The van der Waals surface area contributed by atoms with E-state index in [1.807, 2.05) is 78.9 Å². The molecule has 0 fully saturated rings. The van der Waals surface area contributed by atoms with Crippen molar-refractivity contribution in [2.45, 2.75) is 33.3 Å². The number of hydrogen-bond donors (Lipinski definition) is 1. The van der Waals surface area contributed by atoms with Gasteiger partial charge in [0.25, 0.3) is 0 Å². The van der Waals surface area contributed by atoms with Crippen LogP contribution < -0.4 is 5.32 Å². The lowest BCUT2D eigenvalue weighted by atomic mass is 9.93. The van der Waals surface area contributed by atoms with E-state index >= 15 is 0 Å². The van der Waals surface area contributed by atoms with E-state index in [2.05, 4.69) is 10.5 Å². The predicted molar refractivity (Wildman–Crippen MR) is 160 cm³/mol. The maximum atomic E-state index is 12.8. The number of nitrogens with one attached hydrogen (secondary N) is 1. The van der Waals surface area contributed by atoms with E-state index in [-0.39, 0.29) is 12.4 Å². The van der Waals surface area contributed by atoms with Gasteiger partial charge in [0.2, 0.25) is 0 Å². The number of rotatable bonds is 8. The number of carbonyl (C=O) groups excluding carboxylic acids is 2. The highest BCUT2D eigenvalue weighted by Crippen LogP contribution is 2.35. The molecule has 5 rings (SSSR count). The van der Waals surface area contributed by atoms with Crippen molar-refractivity contribution in [3.63, 3.8) is 0 Å². The van der Waals surface area contributed by atoms with Crippen LogP contribution in [0.4, 0.5) is 10.5 Å². The number of aromatic nitrogens is 1. The van der Waals surface area contributed by atoms with Gasteiger partial charge in [0.1, 0.15) is 17.5 Å². The van der Waals surface area contributed by atoms with Crippen molar-refractivity contribution in [2.24, 2.45) is 0 Å². The number of fused-ring (bicyclic) bond motifs is 1. The van der Waals surface area contributed by atoms with Gasteiger partial charge in [0.05, 0.1) is 13.0 Å². The molecule has 0 aliphatic carbocycles. The summed E-state index contributed by atoms with van der Waals surface area (Å²) in [4.78, 5) is 24.9. The number of anilines is 1. The molecule has 0 bridgehead atoms. The molecule has 208 valence electrons. The number of aryl methyl sites for hydroxylation is 1. The summed E-state index contributed by atoms with van der Waals surface area (Å²) in [5, 5.41) is 9.41. The molecule has 4 aromatic carbocycles. The normalized spacial score (nSPS) is 11.7. The summed E-state index contributed by atoms with van der Waals surface area (Å²) in [5.41, 5.74) is 5.35. The second-order valence-electron chi connectivity index (χ2n) is 9.54. The van der Waals surface area contributed by atoms with Gasteiger partial charge < -0.3 is 14.0 Å². The van der Waals surface area contributed by atoms with E-state index in [0.717, 1.165) is 33.0 Å². The first kappa shape index (κ1) is 27.9. The third kappa shape index (κ3) is 6.10. The Labute approximate surface area is 243 Å². The number of benzene rings is 4. The third-order valence-electron chi connectivity index (χ3n) is 6.83. The minimum Gasteiger partial charge on any atom is -0.466 e. The lowest BCUT2D eigenvalue weighted by Crippen LogP contribution is -2.17. The Morgan fingerprint density at radius 1 is 0.927 bits per heavy atom. The van der Waals surface area contributed by atoms with Gasteiger partial charge in [0.15, 0.2) is 5.76 Å². The molecule has 0 aliphatic heterocycles. The first-order chi connectivity index (χ1) is 19.9. The molecule has 41 heavy (non-hydrogen) atoms. The standard InChI is InChI=1S/C33H29ClN2O5/c1-4-39-30(37)19-24-17-18-27(28-11-6-5-10-26(24)28)22-13-15-23(16-14-22)32-31(20(2)36-41-32)35-33(38)40-21(3)25-9-7-8-12-29(25)34/h5-18,21H,4,19H2,1-3H3,(H,35,38)/t21-/m1/s1. The van der Waals surface area contributed by atoms with Crippen LogP contribution >= 0.6 is 11.6 Å². The monoisotopic (exact) mass is 568 g/mol. The van der Waals surface area contributed by atoms with E-state index < -0.39 is 12.2 Å². The smallest absolute Gasteiger partial charge is 0.412 e. The highest BCUT2D eigenvalue weighted by atomic mass is 35.5. The maximum absolute atomic E-state index is 12.8. The quantitative estimate of drug-likeness (QED) is 0.189. The number of ether oxygens (including phenoxy) is 2. The van der Waals surface area contributed by atoms with Crippen LogP contribution in [0.5, 0.6) is 0 Å². The zero-order chi connectivity index (χ0) is 28.9. The minimum atomic E-state index is -0.643. The lowest BCUT2D eigenvalue weighted by Gasteiger charge is -2.15. The average Bonchev–Trinajstić information content (AvgIpc) is 3.33. The second-order valence-corrected chi connectivity index (χ2v) is 9.95. The lowest BCUT2D eigenvalue weighted by molar-refractivity contribution is -0.142. The molecule has 5 aromatic rings. The SMILES string of the molecule is CCOC(=O)Cc1ccc(-c2ccc(-c3onc(C)c3NC(=O)O[C@H](C)c3ccccc3Cl)cc2)c2ccccc12. The summed E-state index contributed by atoms with van der Waals surface area (Å²) < 4.78 is 16.3. The van der Waals surface area contributed by atoms with E-state index in [9.17, 15) is 9.59 Å². The Balaban J connectivity index is 1.37. The summed E-state index contributed by atoms with van der Waals surface area (Å²) in [5.74, 6) is 0.176. The zero-order valence-electron chi connectivity index (χ0n) is 22.9. The molecule has 0 spiro atoms. The predicted octanol–water partition coefficient (Wildman–Crippen LogP) is 8.54. The molecule has 0 radical (unpaired) electrons. The number of nitrogens with zero attached hydrogens (tertiary/aromatic N) is 1. The van der Waals surface area contributed by atoms with Crippen LogP contribution in [0.3, 0.4) is 0 Å². The van der Waals surface area contributed by atoms with Gasteiger partial charge in [-0.25, -0.2) is 4.79 Å². The van der Waals surface area contributed by atoms with Crippen molar-refractivity contribution in [3.8, 4) is 22.5 Å². The van der Waals surface area contributed by atoms with Crippen molar-refractivity contribution in [1.82, 2.24) is 5.16 Å². The van der Waals surface area contributed by atoms with Crippen molar-refractivity contribution >= 4 is 40.1 Å². The van der Waals surface area contributed by atoms with Gasteiger partial charge >= 0.3 is 12.1 Å². The third-order valence-corrected chi connectivity index (χ3v) is 7.17. The first-order valence-electron chi connectivity index (χ1n) is 13.3. The molecular weight excluding hydrogens is 540 g/mol. The van der Waals surface area contributed by atoms with E-state index in [0.29, 0.717) is 34.3 Å². The van der Waals surface area contributed by atoms with Gasteiger partial charge in [-0.3, -0.25) is 10.1 Å². The minimum absolute atomic E-state index is 0.216. The van der Waals surface area contributed by atoms with Gasteiger partial charge in [-0.2, -0.15) is 0 Å². The number of amides is 1. The molecule has 1 N–H and O–H groups in total. The fraction of sp³-hybridized carbons (Fsp3) is 0.182. The van der Waals surface area contributed by atoms with Crippen molar-refractivity contribution in [1.29, 1.82) is 0 Å². The first-order valence-corrected chi connectivity index (χ1v) is 13.7. The average molecular weight is 569 g/mol. The number of carbonyl (C=O) groups is 2. The van der Waals surface area contributed by atoms with Crippen LogP contribution in [0.25, 0.3) is 33.2 Å². The summed E-state index contributed by atoms with van der Waals surface area (Å²) in [6.07, 6.45) is -0.977. The number of hydrogen-bond acceptors (Lipinski definition) is 6. The van der Waals surface area contributed by atoms with Crippen LogP contribution in [0.15, 0.2) is 89.5 Å². The zero-order valence-corrected chi connectivity index (χ0v) is 23.7. The second kappa shape index (κ2) is 12.3. The molecule has 1 aromatic heterocycles. The van der Waals surface area contributed by atoms with Crippen LogP contribution in [0.2, 0.25) is 5.02 Å². The van der Waals surface area contributed by atoms with Gasteiger partial charge in [-0.15, -0.1) is 0 Å². The fourth-order valence-corrected chi connectivity index (χ4v) is 5.10. The van der Waals surface area contributed by atoms with Crippen LogP contribution in [0, 0.1) is 6.92 Å². The molecule has 0 aliphatic rings. The summed E-state index contributed by atoms with van der Waals surface area (Å²) >= 11 is 6.25. The summed E-state index contributed by atoms with van der Waals surface area (Å²) in [6.45, 7) is 5.66. The molecule has 7 nitrogen and oxygen atoms in total. The Morgan fingerprint density at radius 2 is 1.61 bits per heavy atom. The Kier molecular flexibility index (Phi) is 8.36. The molecule has 1 heterocycles. The molecule has 0 unspecified atom stereocenters. The maximum Gasteiger partial charge on any atom is 0.412 e. The van der Waals surface area contributed by atoms with Crippen molar-refractivity contribution < 1.29 is 23.6 Å². The van der Waals surface area contributed by atoms with Crippen LogP contribution in [-0.2, 0) is 20.7 Å². The Bertz CT molecular complexity index is 1710. The molecular formula is C33H29ClN2O5. The fourth-order valence-electron chi connectivity index (χ4n) is 4.81. The molecule has 0 saturated carbocycles. The topological polar surface area (TPSA) is 90.7 Å². The molecule has 1 amide bonds. The van der Waals surface area contributed by atoms with Crippen molar-refractivity contribution in [2.75, 3.05) is 11.9 Å². The number of halogens is 1. The van der Waals surface area contributed by atoms with Crippen molar-refractivity contribution in [3.05, 3.63) is 107 Å². The van der Waals surface area contributed by atoms with Crippen LogP contribution in [-0.4, -0.2) is 23.8 Å². The molecule has 8 heteroatoms.